The Balaban J connectivity index is 2.39. The van der Waals surface area contributed by atoms with Crippen LogP contribution < -0.4 is 10.2 Å². The van der Waals surface area contributed by atoms with E-state index in [-0.39, 0.29) is 12.3 Å². The molecule has 19 heavy (non-hydrogen) atoms. The molecule has 0 aromatic carbocycles. The zero-order valence-electron chi connectivity index (χ0n) is 10.0. The molecule has 10 heteroatoms. The second-order valence-electron chi connectivity index (χ2n) is 3.21. The minimum atomic E-state index is -4.00. The third kappa shape index (κ3) is 5.40. The van der Waals surface area contributed by atoms with E-state index >= 15 is 0 Å². The molecule has 9 nitrogen and oxygen atoms in total. The smallest absolute Gasteiger partial charge is 0.407 e. The summed E-state index contributed by atoms with van der Waals surface area (Å²) in [6.45, 7) is 1.69. The lowest BCUT2D eigenvalue weighted by Gasteiger charge is -2.07. The number of amides is 1. The highest BCUT2D eigenvalue weighted by atomic mass is 32.2. The van der Waals surface area contributed by atoms with Crippen LogP contribution in [0.3, 0.4) is 0 Å². The number of sulfonamides is 1. The molecule has 0 atom stereocenters. The van der Waals surface area contributed by atoms with Gasteiger partial charge in [-0.1, -0.05) is 0 Å². The Kier molecular flexibility index (Phi) is 5.33. The van der Waals surface area contributed by atoms with Gasteiger partial charge in [0.05, 0.1) is 6.61 Å². The number of alkyl carbamates (subject to hydrolysis) is 1. The lowest BCUT2D eigenvalue weighted by Crippen LogP contribution is -2.38. The summed E-state index contributed by atoms with van der Waals surface area (Å²) in [7, 11) is -4.00. The van der Waals surface area contributed by atoms with Gasteiger partial charge in [0, 0.05) is 6.20 Å². The number of nitrogens with one attached hydrogen (secondary N) is 3. The number of aromatic amines is 1. The molecule has 0 radical (unpaired) electrons. The van der Waals surface area contributed by atoms with Crippen molar-refractivity contribution in [2.75, 3.05) is 12.5 Å². The van der Waals surface area contributed by atoms with Crippen LogP contribution in [0.15, 0.2) is 18.3 Å². The molecule has 0 saturated heterocycles. The predicted molar refractivity (Wildman–Crippen MR) is 63.3 cm³/mol. The molecule has 1 aromatic rings. The van der Waals surface area contributed by atoms with Crippen molar-refractivity contribution >= 4 is 22.1 Å². The van der Waals surface area contributed by atoms with Crippen LogP contribution in [-0.4, -0.2) is 37.9 Å². The van der Waals surface area contributed by atoms with E-state index in [0.717, 1.165) is 0 Å². The predicted octanol–water partition coefficient (Wildman–Crippen LogP) is -0.291. The van der Waals surface area contributed by atoms with Crippen molar-refractivity contribution in [1.29, 1.82) is 0 Å². The summed E-state index contributed by atoms with van der Waals surface area (Å²) >= 11 is 0. The van der Waals surface area contributed by atoms with Gasteiger partial charge in [-0.15, -0.1) is 0 Å². The molecule has 0 aliphatic carbocycles. The van der Waals surface area contributed by atoms with Gasteiger partial charge in [0.2, 0.25) is 0 Å². The maximum absolute atomic E-state index is 11.3. The van der Waals surface area contributed by atoms with E-state index in [1.165, 1.54) is 12.3 Å². The topological polar surface area (TPSA) is 127 Å². The molecule has 0 bridgehead atoms. The fraction of sp³-hybridized carbons (Fsp3) is 0.333. The monoisotopic (exact) mass is 291 g/mol. The molecule has 0 saturated carbocycles. The lowest BCUT2D eigenvalue weighted by atomic mass is 10.4. The number of aromatic nitrogens is 1. The van der Waals surface area contributed by atoms with E-state index < -0.39 is 28.0 Å². The van der Waals surface area contributed by atoms with Crippen LogP contribution in [0.5, 0.6) is 0 Å². The molecule has 106 valence electrons. The van der Waals surface area contributed by atoms with E-state index in [1.54, 1.807) is 17.9 Å². The summed E-state index contributed by atoms with van der Waals surface area (Å²) in [6.07, 6.45) is 0.594. The van der Waals surface area contributed by atoms with Crippen LogP contribution >= 0.6 is 0 Å². The van der Waals surface area contributed by atoms with Crippen molar-refractivity contribution in [2.45, 2.75) is 6.92 Å². The van der Waals surface area contributed by atoms with Crippen LogP contribution in [0.4, 0.5) is 4.79 Å². The van der Waals surface area contributed by atoms with E-state index in [1.807, 2.05) is 5.32 Å². The first kappa shape index (κ1) is 15.0. The van der Waals surface area contributed by atoms with Gasteiger partial charge in [0.25, 0.3) is 10.0 Å². The van der Waals surface area contributed by atoms with Crippen molar-refractivity contribution in [2.24, 2.45) is 0 Å². The highest BCUT2D eigenvalue weighted by Crippen LogP contribution is 1.96. The molecular formula is C9H13N3O6S. The van der Waals surface area contributed by atoms with Gasteiger partial charge in [-0.05, 0) is 23.9 Å². The average molecular weight is 291 g/mol. The Labute approximate surface area is 109 Å². The Bertz CT molecular complexity index is 524. The number of H-pyrrole nitrogens is 1. The molecule has 0 aliphatic heterocycles. The summed E-state index contributed by atoms with van der Waals surface area (Å²) in [5, 5.41) is 1.97. The first-order valence-corrected chi connectivity index (χ1v) is 6.84. The molecule has 0 aliphatic rings. The minimum absolute atomic E-state index is 0.0843. The van der Waals surface area contributed by atoms with Crippen molar-refractivity contribution < 1.29 is 27.6 Å². The largest absolute Gasteiger partial charge is 0.450 e. The van der Waals surface area contributed by atoms with E-state index in [0.29, 0.717) is 0 Å². The standard InChI is InChI=1S/C9H13N3O6S/c1-2-17-9(14)11-6-19(15,16)12-18-8(13)7-4-3-5-10-7/h3-5,10,12H,2,6H2,1H3,(H,11,14). The quantitative estimate of drug-likeness (QED) is 0.618. The Morgan fingerprint density at radius 2 is 2.16 bits per heavy atom. The van der Waals surface area contributed by atoms with E-state index in [4.69, 9.17) is 0 Å². The van der Waals surface area contributed by atoms with E-state index in [2.05, 4.69) is 14.6 Å². The third-order valence-electron chi connectivity index (χ3n) is 1.76. The fourth-order valence-corrected chi connectivity index (χ4v) is 1.55. The van der Waals surface area contributed by atoms with Gasteiger partial charge >= 0.3 is 12.1 Å². The average Bonchev–Trinajstić information content (AvgIpc) is 2.88. The fourth-order valence-electron chi connectivity index (χ4n) is 0.979. The Morgan fingerprint density at radius 1 is 1.42 bits per heavy atom. The number of carbonyl (C=O) groups is 2. The summed E-state index contributed by atoms with van der Waals surface area (Å²) in [6, 6.07) is 2.96. The maximum Gasteiger partial charge on any atom is 0.407 e. The van der Waals surface area contributed by atoms with Crippen LogP contribution in [0.25, 0.3) is 0 Å². The van der Waals surface area contributed by atoms with Gasteiger partial charge in [0.15, 0.2) is 0 Å². The van der Waals surface area contributed by atoms with Crippen LogP contribution in [0, 0.1) is 0 Å². The molecule has 0 fully saturated rings. The molecule has 0 unspecified atom stereocenters. The SMILES string of the molecule is CCOC(=O)NCS(=O)(=O)NOC(=O)c1ccc[nH]1. The zero-order valence-corrected chi connectivity index (χ0v) is 10.8. The summed E-state index contributed by atoms with van der Waals surface area (Å²) in [4.78, 5) is 30.6. The highest BCUT2D eigenvalue weighted by molar-refractivity contribution is 7.89. The third-order valence-corrected chi connectivity index (χ3v) is 2.62. The van der Waals surface area contributed by atoms with Crippen LogP contribution in [0.1, 0.15) is 17.4 Å². The lowest BCUT2D eigenvalue weighted by molar-refractivity contribution is 0.0401. The van der Waals surface area contributed by atoms with Crippen LogP contribution in [0.2, 0.25) is 0 Å². The number of rotatable bonds is 6. The first-order chi connectivity index (χ1) is 8.94. The van der Waals surface area contributed by atoms with Gasteiger partial charge in [-0.25, -0.2) is 18.0 Å². The van der Waals surface area contributed by atoms with Gasteiger partial charge in [-0.2, -0.15) is 0 Å². The Morgan fingerprint density at radius 3 is 2.74 bits per heavy atom. The number of carbonyl (C=O) groups excluding carboxylic acids is 2. The molecular weight excluding hydrogens is 278 g/mol. The maximum atomic E-state index is 11.3. The van der Waals surface area contributed by atoms with Gasteiger partial charge in [0.1, 0.15) is 11.6 Å². The number of hydrogen-bond acceptors (Lipinski definition) is 6. The molecule has 0 spiro atoms. The molecule has 1 aromatic heterocycles. The number of ether oxygens (including phenoxy) is 1. The van der Waals surface area contributed by atoms with Crippen LogP contribution in [-0.2, 0) is 19.6 Å². The van der Waals surface area contributed by atoms with Crippen molar-refractivity contribution in [3.8, 4) is 0 Å². The van der Waals surface area contributed by atoms with Crippen molar-refractivity contribution in [3.05, 3.63) is 24.0 Å². The van der Waals surface area contributed by atoms with Gasteiger partial charge < -0.3 is 19.9 Å². The minimum Gasteiger partial charge on any atom is -0.450 e. The normalized spacial score (nSPS) is 10.8. The van der Waals surface area contributed by atoms with Gasteiger partial charge in [-0.3, -0.25) is 0 Å². The highest BCUT2D eigenvalue weighted by Gasteiger charge is 2.16. The second kappa shape index (κ2) is 6.75. The second-order valence-corrected chi connectivity index (χ2v) is 4.90. The summed E-state index contributed by atoms with van der Waals surface area (Å²) < 4.78 is 27.2. The molecule has 1 heterocycles. The van der Waals surface area contributed by atoms with Crippen molar-refractivity contribution in [1.82, 2.24) is 15.2 Å². The summed E-state index contributed by atoms with van der Waals surface area (Å²) in [5.41, 5.74) is 0.0843. The van der Waals surface area contributed by atoms with E-state index in [9.17, 15) is 18.0 Å². The molecule has 1 rings (SSSR count). The molecule has 3 N–H and O–H groups in total. The zero-order chi connectivity index (χ0) is 14.3. The Hall–Kier alpha value is -2.07. The summed E-state index contributed by atoms with van der Waals surface area (Å²) in [5.74, 6) is -1.67. The van der Waals surface area contributed by atoms with Crippen molar-refractivity contribution in [3.63, 3.8) is 0 Å². The first-order valence-electron chi connectivity index (χ1n) is 5.19. The molecule has 1 amide bonds. The number of hydrogen-bond donors (Lipinski definition) is 3.